The molecule has 0 aliphatic carbocycles. The van der Waals surface area contributed by atoms with E-state index in [1.165, 1.54) is 16.7 Å². The molecule has 19 heavy (non-hydrogen) atoms. The van der Waals surface area contributed by atoms with Crippen LogP contribution in [0.25, 0.3) is 0 Å². The maximum atomic E-state index is 8.62. The molecule has 1 N–H and O–H groups in total. The van der Waals surface area contributed by atoms with Crippen LogP contribution < -0.4 is 5.32 Å². The van der Waals surface area contributed by atoms with Gasteiger partial charge in [-0.15, -0.1) is 0 Å². The number of anilines is 1. The molecule has 0 bridgehead atoms. The van der Waals surface area contributed by atoms with Crippen LogP contribution in [0, 0.1) is 25.2 Å². The summed E-state index contributed by atoms with van der Waals surface area (Å²) in [5.41, 5.74) is 6.07. The molecule has 2 heteroatoms. The van der Waals surface area contributed by atoms with E-state index in [4.69, 9.17) is 5.26 Å². The van der Waals surface area contributed by atoms with Crippen LogP contribution in [0.4, 0.5) is 5.69 Å². The predicted molar refractivity (Wildman–Crippen MR) is 79.0 cm³/mol. The molecular formula is C17H18N2. The van der Waals surface area contributed by atoms with Gasteiger partial charge < -0.3 is 5.32 Å². The van der Waals surface area contributed by atoms with Crippen molar-refractivity contribution in [2.45, 2.75) is 26.8 Å². The summed E-state index contributed by atoms with van der Waals surface area (Å²) in [6.07, 6.45) is 0.470. The number of benzene rings is 2. The molecule has 96 valence electrons. The van der Waals surface area contributed by atoms with Crippen LogP contribution in [0.2, 0.25) is 0 Å². The number of aryl methyl sites for hydroxylation is 2. The lowest BCUT2D eigenvalue weighted by Gasteiger charge is -2.09. The first-order valence-electron chi connectivity index (χ1n) is 6.45. The molecule has 0 heterocycles. The van der Waals surface area contributed by atoms with E-state index in [9.17, 15) is 0 Å². The van der Waals surface area contributed by atoms with E-state index in [0.717, 1.165) is 17.8 Å². The standard InChI is InChI=1S/C17H18N2/c1-13-3-4-16(11-14(13)2)12-19-17-7-5-15(6-8-17)9-10-18/h3-8,11,19H,9,12H2,1-2H3. The lowest BCUT2D eigenvalue weighted by atomic mass is 10.1. The number of rotatable bonds is 4. The van der Waals surface area contributed by atoms with E-state index < -0.39 is 0 Å². The zero-order chi connectivity index (χ0) is 13.7. The molecule has 0 amide bonds. The maximum Gasteiger partial charge on any atom is 0.0669 e. The third-order valence-corrected chi connectivity index (χ3v) is 3.31. The van der Waals surface area contributed by atoms with Crippen LogP contribution in [-0.4, -0.2) is 0 Å². The van der Waals surface area contributed by atoms with Gasteiger partial charge in [-0.05, 0) is 48.2 Å². The zero-order valence-corrected chi connectivity index (χ0v) is 11.4. The monoisotopic (exact) mass is 250 g/mol. The summed E-state index contributed by atoms with van der Waals surface area (Å²) in [5.74, 6) is 0. The van der Waals surface area contributed by atoms with E-state index in [1.54, 1.807) is 0 Å². The van der Waals surface area contributed by atoms with E-state index in [0.29, 0.717) is 6.42 Å². The van der Waals surface area contributed by atoms with Crippen molar-refractivity contribution in [2.75, 3.05) is 5.32 Å². The normalized spacial score (nSPS) is 9.95. The van der Waals surface area contributed by atoms with Crippen LogP contribution in [0.15, 0.2) is 42.5 Å². The average Bonchev–Trinajstić information content (AvgIpc) is 2.42. The number of hydrogen-bond donors (Lipinski definition) is 1. The molecule has 0 unspecified atom stereocenters. The summed E-state index contributed by atoms with van der Waals surface area (Å²) in [6, 6.07) is 16.7. The number of nitrogens with zero attached hydrogens (tertiary/aromatic N) is 1. The van der Waals surface area contributed by atoms with Crippen LogP contribution in [0.3, 0.4) is 0 Å². The number of hydrogen-bond acceptors (Lipinski definition) is 2. The Morgan fingerprint density at radius 2 is 1.63 bits per heavy atom. The third kappa shape index (κ3) is 3.59. The molecule has 0 fully saturated rings. The summed E-state index contributed by atoms with van der Waals surface area (Å²) in [7, 11) is 0. The molecule has 2 aromatic carbocycles. The van der Waals surface area contributed by atoms with Gasteiger partial charge in [-0.25, -0.2) is 0 Å². The first kappa shape index (κ1) is 13.2. The van der Waals surface area contributed by atoms with Crippen LogP contribution >= 0.6 is 0 Å². The Morgan fingerprint density at radius 1 is 0.947 bits per heavy atom. The van der Waals surface area contributed by atoms with Gasteiger partial charge in [0.15, 0.2) is 0 Å². The Kier molecular flexibility index (Phi) is 4.20. The van der Waals surface area contributed by atoms with Crippen molar-refractivity contribution in [1.29, 1.82) is 5.26 Å². The van der Waals surface area contributed by atoms with Gasteiger partial charge in [0, 0.05) is 12.2 Å². The zero-order valence-electron chi connectivity index (χ0n) is 11.4. The van der Waals surface area contributed by atoms with Gasteiger partial charge in [0.05, 0.1) is 12.5 Å². The largest absolute Gasteiger partial charge is 0.381 e. The molecule has 0 atom stereocenters. The van der Waals surface area contributed by atoms with Crippen molar-refractivity contribution < 1.29 is 0 Å². The minimum atomic E-state index is 0.470. The fourth-order valence-corrected chi connectivity index (χ4v) is 1.95. The molecule has 2 rings (SSSR count). The highest BCUT2D eigenvalue weighted by Crippen LogP contribution is 2.14. The Balaban J connectivity index is 1.98. The SMILES string of the molecule is Cc1ccc(CNc2ccc(CC#N)cc2)cc1C. The number of nitriles is 1. The molecule has 0 saturated heterocycles. The Labute approximate surface area is 114 Å². The van der Waals surface area contributed by atoms with Gasteiger partial charge in [-0.1, -0.05) is 30.3 Å². The molecular weight excluding hydrogens is 232 g/mol. The summed E-state index contributed by atoms with van der Waals surface area (Å²) in [4.78, 5) is 0. The van der Waals surface area contributed by atoms with Gasteiger partial charge >= 0.3 is 0 Å². The average molecular weight is 250 g/mol. The van der Waals surface area contributed by atoms with Crippen molar-refractivity contribution >= 4 is 5.69 Å². The molecule has 0 radical (unpaired) electrons. The maximum absolute atomic E-state index is 8.62. The van der Waals surface area contributed by atoms with Crippen LogP contribution in [-0.2, 0) is 13.0 Å². The van der Waals surface area contributed by atoms with E-state index in [-0.39, 0.29) is 0 Å². The van der Waals surface area contributed by atoms with E-state index in [2.05, 4.69) is 43.4 Å². The van der Waals surface area contributed by atoms with Crippen LogP contribution in [0.1, 0.15) is 22.3 Å². The van der Waals surface area contributed by atoms with Crippen LogP contribution in [0.5, 0.6) is 0 Å². The van der Waals surface area contributed by atoms with Gasteiger partial charge in [0.2, 0.25) is 0 Å². The minimum Gasteiger partial charge on any atom is -0.381 e. The highest BCUT2D eigenvalue weighted by atomic mass is 14.9. The molecule has 2 nitrogen and oxygen atoms in total. The molecule has 0 aliphatic heterocycles. The lowest BCUT2D eigenvalue weighted by Crippen LogP contribution is -2.00. The van der Waals surface area contributed by atoms with Gasteiger partial charge in [0.1, 0.15) is 0 Å². The lowest BCUT2D eigenvalue weighted by molar-refractivity contribution is 1.13. The third-order valence-electron chi connectivity index (χ3n) is 3.31. The Morgan fingerprint density at radius 3 is 2.26 bits per heavy atom. The van der Waals surface area contributed by atoms with Crippen molar-refractivity contribution in [3.05, 3.63) is 64.7 Å². The second-order valence-corrected chi connectivity index (χ2v) is 4.80. The summed E-state index contributed by atoms with van der Waals surface area (Å²) in [5, 5.41) is 12.0. The fraction of sp³-hybridized carbons (Fsp3) is 0.235. The first-order chi connectivity index (χ1) is 9.19. The Bertz CT molecular complexity index is 592. The second kappa shape index (κ2) is 6.06. The quantitative estimate of drug-likeness (QED) is 0.890. The molecule has 0 spiro atoms. The van der Waals surface area contributed by atoms with Gasteiger partial charge in [-0.3, -0.25) is 0 Å². The van der Waals surface area contributed by atoms with E-state index >= 15 is 0 Å². The predicted octanol–water partition coefficient (Wildman–Crippen LogP) is 3.98. The molecule has 0 aromatic heterocycles. The summed E-state index contributed by atoms with van der Waals surface area (Å²) >= 11 is 0. The first-order valence-corrected chi connectivity index (χ1v) is 6.45. The molecule has 2 aromatic rings. The topological polar surface area (TPSA) is 35.8 Å². The van der Waals surface area contributed by atoms with E-state index in [1.807, 2.05) is 24.3 Å². The second-order valence-electron chi connectivity index (χ2n) is 4.80. The van der Waals surface area contributed by atoms with Crippen molar-refractivity contribution in [2.24, 2.45) is 0 Å². The highest BCUT2D eigenvalue weighted by Gasteiger charge is 1.98. The van der Waals surface area contributed by atoms with Crippen molar-refractivity contribution in [3.63, 3.8) is 0 Å². The molecule has 0 saturated carbocycles. The van der Waals surface area contributed by atoms with Crippen molar-refractivity contribution in [1.82, 2.24) is 0 Å². The summed E-state index contributed by atoms with van der Waals surface area (Å²) in [6.45, 7) is 5.08. The summed E-state index contributed by atoms with van der Waals surface area (Å²) < 4.78 is 0. The highest BCUT2D eigenvalue weighted by molar-refractivity contribution is 5.46. The molecule has 0 aliphatic rings. The van der Waals surface area contributed by atoms with Gasteiger partial charge in [-0.2, -0.15) is 5.26 Å². The Hall–Kier alpha value is -2.27. The number of nitrogens with one attached hydrogen (secondary N) is 1. The van der Waals surface area contributed by atoms with Gasteiger partial charge in [0.25, 0.3) is 0 Å². The minimum absolute atomic E-state index is 0.470. The smallest absolute Gasteiger partial charge is 0.0669 e. The fourth-order valence-electron chi connectivity index (χ4n) is 1.95. The van der Waals surface area contributed by atoms with Crippen molar-refractivity contribution in [3.8, 4) is 6.07 Å².